The first-order chi connectivity index (χ1) is 15.5. The molecule has 9 nitrogen and oxygen atoms in total. The third-order valence-corrected chi connectivity index (χ3v) is 4.44. The maximum absolute atomic E-state index is 12.4. The second-order valence-corrected chi connectivity index (χ2v) is 6.55. The van der Waals surface area contributed by atoms with E-state index in [1.54, 1.807) is 42.5 Å². The lowest BCUT2D eigenvalue weighted by atomic mass is 10.2. The van der Waals surface area contributed by atoms with Crippen molar-refractivity contribution in [3.05, 3.63) is 93.5 Å². The highest BCUT2D eigenvalue weighted by molar-refractivity contribution is 5.96. The van der Waals surface area contributed by atoms with E-state index < -0.39 is 10.8 Å². The van der Waals surface area contributed by atoms with Crippen LogP contribution in [0.15, 0.2) is 71.8 Å². The number of hydrazone groups is 1. The molecule has 32 heavy (non-hydrogen) atoms. The summed E-state index contributed by atoms with van der Waals surface area (Å²) in [5.41, 5.74) is 4.25. The quantitative estimate of drug-likeness (QED) is 0.309. The Morgan fingerprint density at radius 1 is 1.03 bits per heavy atom. The summed E-state index contributed by atoms with van der Waals surface area (Å²) >= 11 is 0. The van der Waals surface area contributed by atoms with Crippen LogP contribution in [0.3, 0.4) is 0 Å². The minimum absolute atomic E-state index is 0.0191. The van der Waals surface area contributed by atoms with Gasteiger partial charge in [-0.05, 0) is 42.0 Å². The minimum Gasteiger partial charge on any atom is -0.497 e. The topological polar surface area (TPSA) is 112 Å². The van der Waals surface area contributed by atoms with Gasteiger partial charge in [0.1, 0.15) is 23.9 Å². The van der Waals surface area contributed by atoms with Crippen molar-refractivity contribution in [3.63, 3.8) is 0 Å². The fourth-order valence-electron chi connectivity index (χ4n) is 2.76. The predicted molar refractivity (Wildman–Crippen MR) is 118 cm³/mol. The SMILES string of the molecule is COc1cc(OC)cc(C(=O)NN=Cc2ccccc2OCc2ccc([N+](=O)[O-])cc2)c1. The van der Waals surface area contributed by atoms with E-state index in [2.05, 4.69) is 10.5 Å². The molecule has 0 bridgehead atoms. The van der Waals surface area contributed by atoms with Gasteiger partial charge in [-0.2, -0.15) is 5.10 Å². The van der Waals surface area contributed by atoms with Crippen molar-refractivity contribution in [1.82, 2.24) is 5.43 Å². The smallest absolute Gasteiger partial charge is 0.271 e. The molecule has 0 saturated heterocycles. The molecule has 9 heteroatoms. The Balaban J connectivity index is 1.65. The first-order valence-corrected chi connectivity index (χ1v) is 9.52. The largest absolute Gasteiger partial charge is 0.497 e. The number of hydrogen-bond acceptors (Lipinski definition) is 7. The van der Waals surface area contributed by atoms with E-state index in [0.29, 0.717) is 28.4 Å². The second kappa shape index (κ2) is 10.6. The van der Waals surface area contributed by atoms with Crippen molar-refractivity contribution in [2.45, 2.75) is 6.61 Å². The number of rotatable bonds is 9. The van der Waals surface area contributed by atoms with Gasteiger partial charge in [0.15, 0.2) is 0 Å². The van der Waals surface area contributed by atoms with E-state index in [9.17, 15) is 14.9 Å². The Kier molecular flexibility index (Phi) is 7.37. The van der Waals surface area contributed by atoms with Crippen LogP contribution in [0, 0.1) is 10.1 Å². The maximum Gasteiger partial charge on any atom is 0.271 e. The maximum atomic E-state index is 12.4. The summed E-state index contributed by atoms with van der Waals surface area (Å²) in [6.45, 7) is 0.221. The highest BCUT2D eigenvalue weighted by Crippen LogP contribution is 2.22. The standard InChI is InChI=1S/C23H21N3O6/c1-30-20-11-18(12-21(13-20)31-2)23(27)25-24-14-17-5-3-4-6-22(17)32-15-16-7-9-19(10-8-16)26(28)29/h3-14H,15H2,1-2H3,(H,25,27). The van der Waals surface area contributed by atoms with Crippen molar-refractivity contribution < 1.29 is 23.9 Å². The third kappa shape index (κ3) is 5.82. The fourth-order valence-corrected chi connectivity index (χ4v) is 2.76. The van der Waals surface area contributed by atoms with Crippen LogP contribution in [0.25, 0.3) is 0 Å². The average Bonchev–Trinajstić information content (AvgIpc) is 2.83. The van der Waals surface area contributed by atoms with Gasteiger partial charge in [0.25, 0.3) is 11.6 Å². The van der Waals surface area contributed by atoms with Gasteiger partial charge in [-0.15, -0.1) is 0 Å². The van der Waals surface area contributed by atoms with E-state index in [1.807, 2.05) is 12.1 Å². The fraction of sp³-hybridized carbons (Fsp3) is 0.130. The summed E-state index contributed by atoms with van der Waals surface area (Å²) in [5, 5.41) is 14.8. The molecule has 0 radical (unpaired) electrons. The molecule has 3 aromatic rings. The third-order valence-electron chi connectivity index (χ3n) is 4.44. The highest BCUT2D eigenvalue weighted by Gasteiger charge is 2.10. The molecule has 0 unspecified atom stereocenters. The summed E-state index contributed by atoms with van der Waals surface area (Å²) in [5.74, 6) is 1.10. The summed E-state index contributed by atoms with van der Waals surface area (Å²) in [7, 11) is 3.00. The van der Waals surface area contributed by atoms with Gasteiger partial charge in [0, 0.05) is 29.3 Å². The van der Waals surface area contributed by atoms with E-state index >= 15 is 0 Å². The summed E-state index contributed by atoms with van der Waals surface area (Å²) in [6, 6.07) is 18.1. The van der Waals surface area contributed by atoms with Gasteiger partial charge < -0.3 is 14.2 Å². The van der Waals surface area contributed by atoms with Crippen molar-refractivity contribution >= 4 is 17.8 Å². The van der Waals surface area contributed by atoms with Gasteiger partial charge in [0.05, 0.1) is 25.4 Å². The molecular formula is C23H21N3O6. The molecule has 0 fully saturated rings. The lowest BCUT2D eigenvalue weighted by Gasteiger charge is -2.09. The highest BCUT2D eigenvalue weighted by atomic mass is 16.6. The number of methoxy groups -OCH3 is 2. The molecule has 0 aliphatic heterocycles. The molecule has 3 aromatic carbocycles. The van der Waals surface area contributed by atoms with Crippen LogP contribution < -0.4 is 19.6 Å². The van der Waals surface area contributed by atoms with Gasteiger partial charge in [-0.1, -0.05) is 12.1 Å². The zero-order valence-corrected chi connectivity index (χ0v) is 17.5. The van der Waals surface area contributed by atoms with Crippen molar-refractivity contribution in [3.8, 4) is 17.2 Å². The van der Waals surface area contributed by atoms with Crippen LogP contribution in [0.1, 0.15) is 21.5 Å². The predicted octanol–water partition coefficient (Wildman–Crippen LogP) is 3.95. The number of carbonyl (C=O) groups excluding carboxylic acids is 1. The van der Waals surface area contributed by atoms with Gasteiger partial charge >= 0.3 is 0 Å². The summed E-state index contributed by atoms with van der Waals surface area (Å²) < 4.78 is 16.2. The number of nitrogens with zero attached hydrogens (tertiary/aromatic N) is 2. The van der Waals surface area contributed by atoms with E-state index in [4.69, 9.17) is 14.2 Å². The van der Waals surface area contributed by atoms with Gasteiger partial charge in [0.2, 0.25) is 0 Å². The van der Waals surface area contributed by atoms with Crippen molar-refractivity contribution in [1.29, 1.82) is 0 Å². The Labute approximate surface area is 184 Å². The van der Waals surface area contributed by atoms with E-state index in [1.165, 1.54) is 32.6 Å². The van der Waals surface area contributed by atoms with Gasteiger partial charge in [-0.25, -0.2) is 5.43 Å². The van der Waals surface area contributed by atoms with E-state index in [-0.39, 0.29) is 12.3 Å². The summed E-state index contributed by atoms with van der Waals surface area (Å²) in [4.78, 5) is 22.7. The Morgan fingerprint density at radius 3 is 2.31 bits per heavy atom. The molecule has 1 amide bonds. The zero-order chi connectivity index (χ0) is 22.9. The molecule has 0 atom stereocenters. The van der Waals surface area contributed by atoms with Crippen molar-refractivity contribution in [2.75, 3.05) is 14.2 Å². The van der Waals surface area contributed by atoms with E-state index in [0.717, 1.165) is 5.56 Å². The number of carbonyl (C=O) groups is 1. The molecule has 0 saturated carbocycles. The van der Waals surface area contributed by atoms with Gasteiger partial charge in [-0.3, -0.25) is 14.9 Å². The van der Waals surface area contributed by atoms with Crippen LogP contribution in [-0.2, 0) is 6.61 Å². The first-order valence-electron chi connectivity index (χ1n) is 9.52. The molecule has 1 N–H and O–H groups in total. The van der Waals surface area contributed by atoms with Crippen LogP contribution in [-0.4, -0.2) is 31.3 Å². The molecule has 0 aromatic heterocycles. The number of nitrogens with one attached hydrogen (secondary N) is 1. The average molecular weight is 435 g/mol. The number of nitro groups is 1. The molecular weight excluding hydrogens is 414 g/mol. The molecule has 164 valence electrons. The Hall–Kier alpha value is -4.40. The zero-order valence-electron chi connectivity index (χ0n) is 17.5. The number of para-hydroxylation sites is 1. The molecule has 0 aliphatic carbocycles. The number of hydrogen-bond donors (Lipinski definition) is 1. The number of amides is 1. The number of benzene rings is 3. The summed E-state index contributed by atoms with van der Waals surface area (Å²) in [6.07, 6.45) is 1.47. The number of non-ortho nitro benzene ring substituents is 1. The van der Waals surface area contributed by atoms with Crippen LogP contribution in [0.5, 0.6) is 17.2 Å². The normalized spacial score (nSPS) is 10.6. The van der Waals surface area contributed by atoms with Crippen LogP contribution in [0.4, 0.5) is 5.69 Å². The number of ether oxygens (including phenoxy) is 3. The Morgan fingerprint density at radius 2 is 1.69 bits per heavy atom. The van der Waals surface area contributed by atoms with Crippen LogP contribution in [0.2, 0.25) is 0 Å². The first kappa shape index (κ1) is 22.3. The lowest BCUT2D eigenvalue weighted by Crippen LogP contribution is -2.17. The molecule has 0 spiro atoms. The monoisotopic (exact) mass is 435 g/mol. The molecule has 0 aliphatic rings. The second-order valence-electron chi connectivity index (χ2n) is 6.55. The van der Waals surface area contributed by atoms with Crippen molar-refractivity contribution in [2.24, 2.45) is 5.10 Å². The lowest BCUT2D eigenvalue weighted by molar-refractivity contribution is -0.384. The van der Waals surface area contributed by atoms with Crippen LogP contribution >= 0.6 is 0 Å². The molecule has 3 rings (SSSR count). The minimum atomic E-state index is -0.452. The Bertz CT molecular complexity index is 1110. The molecule has 0 heterocycles. The number of nitro benzene ring substituents is 1.